The highest BCUT2D eigenvalue weighted by Crippen LogP contribution is 2.32. The van der Waals surface area contributed by atoms with Crippen molar-refractivity contribution in [3.63, 3.8) is 0 Å². The molecule has 18 heavy (non-hydrogen) atoms. The lowest BCUT2D eigenvalue weighted by atomic mass is 10.0. The van der Waals surface area contributed by atoms with Crippen LogP contribution in [0.15, 0.2) is 11.4 Å². The van der Waals surface area contributed by atoms with Crippen molar-refractivity contribution >= 4 is 11.3 Å². The fraction of sp³-hybridized carbons (Fsp3) is 0.714. The van der Waals surface area contributed by atoms with Gasteiger partial charge in [0.2, 0.25) is 0 Å². The van der Waals surface area contributed by atoms with E-state index >= 15 is 0 Å². The molecule has 4 heteroatoms. The zero-order chi connectivity index (χ0) is 13.0. The third-order valence-electron chi connectivity index (χ3n) is 3.66. The molecule has 2 N–H and O–H groups in total. The molecule has 0 aliphatic carbocycles. The van der Waals surface area contributed by atoms with Gasteiger partial charge in [0.1, 0.15) is 0 Å². The Kier molecular flexibility index (Phi) is 5.18. The summed E-state index contributed by atoms with van der Waals surface area (Å²) in [7, 11) is 0. The number of aliphatic hydroxyl groups is 1. The van der Waals surface area contributed by atoms with Gasteiger partial charge in [0.15, 0.2) is 0 Å². The second kappa shape index (κ2) is 6.66. The molecule has 2 unspecified atom stereocenters. The normalized spacial score (nSPS) is 21.8. The van der Waals surface area contributed by atoms with Crippen LogP contribution in [0.5, 0.6) is 0 Å². The molecule has 0 spiro atoms. The van der Waals surface area contributed by atoms with Gasteiger partial charge in [-0.1, -0.05) is 6.92 Å². The zero-order valence-corrected chi connectivity index (χ0v) is 12.2. The van der Waals surface area contributed by atoms with Crippen LogP contribution in [-0.4, -0.2) is 42.3 Å². The van der Waals surface area contributed by atoms with E-state index in [2.05, 4.69) is 35.5 Å². The first-order valence-electron chi connectivity index (χ1n) is 6.91. The first-order chi connectivity index (χ1) is 8.72. The molecular formula is C14H24N2OS. The minimum atomic E-state index is -0.265. The molecule has 2 heterocycles. The van der Waals surface area contributed by atoms with E-state index in [4.69, 9.17) is 0 Å². The number of nitrogens with one attached hydrogen (secondary N) is 1. The number of β-amino-alcohol motifs (C(OH)–C–C–N with tert-alkyl or cyclic N) is 1. The van der Waals surface area contributed by atoms with Crippen LogP contribution in [0.3, 0.4) is 0 Å². The third-order valence-corrected chi connectivity index (χ3v) is 4.65. The molecule has 1 aliphatic rings. The maximum atomic E-state index is 10.0. The van der Waals surface area contributed by atoms with Crippen LogP contribution in [0, 0.1) is 0 Å². The van der Waals surface area contributed by atoms with Crippen molar-refractivity contribution in [1.29, 1.82) is 0 Å². The minimum absolute atomic E-state index is 0.265. The second-order valence-electron chi connectivity index (χ2n) is 5.08. The quantitative estimate of drug-likeness (QED) is 0.775. The number of rotatable bonds is 6. The molecule has 0 saturated heterocycles. The number of aliphatic hydroxyl groups excluding tert-OH is 1. The minimum Gasteiger partial charge on any atom is -0.390 e. The maximum Gasteiger partial charge on any atom is 0.0791 e. The lowest BCUT2D eigenvalue weighted by Gasteiger charge is -2.35. The summed E-state index contributed by atoms with van der Waals surface area (Å²) in [5, 5.41) is 15.5. The van der Waals surface area contributed by atoms with Gasteiger partial charge in [-0.2, -0.15) is 0 Å². The summed E-state index contributed by atoms with van der Waals surface area (Å²) in [6, 6.07) is 2.68. The van der Waals surface area contributed by atoms with E-state index in [1.807, 2.05) is 11.3 Å². The van der Waals surface area contributed by atoms with Gasteiger partial charge < -0.3 is 10.4 Å². The van der Waals surface area contributed by atoms with Crippen molar-refractivity contribution < 1.29 is 5.11 Å². The van der Waals surface area contributed by atoms with E-state index in [1.165, 1.54) is 10.4 Å². The number of thiophene rings is 1. The first kappa shape index (κ1) is 14.0. The highest BCUT2D eigenvalue weighted by atomic mass is 32.1. The second-order valence-corrected chi connectivity index (χ2v) is 6.08. The SMILES string of the molecule is CCCNCC(O)CN1CCc2sccc2C1C. The Morgan fingerprint density at radius 3 is 3.22 bits per heavy atom. The largest absolute Gasteiger partial charge is 0.390 e. The fourth-order valence-electron chi connectivity index (χ4n) is 2.59. The summed E-state index contributed by atoms with van der Waals surface area (Å²) in [6.45, 7) is 7.92. The monoisotopic (exact) mass is 268 g/mol. The Bertz CT molecular complexity index is 366. The first-order valence-corrected chi connectivity index (χ1v) is 7.79. The fourth-order valence-corrected chi connectivity index (χ4v) is 3.55. The summed E-state index contributed by atoms with van der Waals surface area (Å²) in [5.41, 5.74) is 1.46. The summed E-state index contributed by atoms with van der Waals surface area (Å²) in [5.74, 6) is 0. The Balaban J connectivity index is 1.84. The predicted molar refractivity (Wildman–Crippen MR) is 77.2 cm³/mol. The number of hydrogen-bond donors (Lipinski definition) is 2. The van der Waals surface area contributed by atoms with E-state index < -0.39 is 0 Å². The van der Waals surface area contributed by atoms with Crippen molar-refractivity contribution in [2.75, 3.05) is 26.2 Å². The predicted octanol–water partition coefficient (Wildman–Crippen LogP) is 2.03. The summed E-state index contributed by atoms with van der Waals surface area (Å²) in [6.07, 6.45) is 1.98. The van der Waals surface area contributed by atoms with Crippen LogP contribution in [0.4, 0.5) is 0 Å². The van der Waals surface area contributed by atoms with Crippen molar-refractivity contribution in [1.82, 2.24) is 10.2 Å². The van der Waals surface area contributed by atoms with Crippen LogP contribution < -0.4 is 5.32 Å². The lowest BCUT2D eigenvalue weighted by Crippen LogP contribution is -2.42. The van der Waals surface area contributed by atoms with Crippen molar-refractivity contribution in [3.8, 4) is 0 Å². The standard InChI is InChI=1S/C14H24N2OS/c1-3-6-15-9-12(17)10-16-7-4-14-13(11(16)2)5-8-18-14/h5,8,11-12,15,17H,3-4,6-7,9-10H2,1-2H3. The molecule has 3 nitrogen and oxygen atoms in total. The zero-order valence-electron chi connectivity index (χ0n) is 11.4. The van der Waals surface area contributed by atoms with Gasteiger partial charge in [0, 0.05) is 30.6 Å². The molecule has 0 saturated carbocycles. The van der Waals surface area contributed by atoms with E-state index in [0.717, 1.165) is 32.5 Å². The summed E-state index contributed by atoms with van der Waals surface area (Å²) in [4.78, 5) is 3.92. The van der Waals surface area contributed by atoms with Gasteiger partial charge in [0.05, 0.1) is 6.10 Å². The van der Waals surface area contributed by atoms with Gasteiger partial charge in [-0.15, -0.1) is 11.3 Å². The molecule has 1 aromatic rings. The molecule has 0 fully saturated rings. The average Bonchev–Trinajstić information content (AvgIpc) is 2.82. The Labute approximate surface area is 114 Å². The Morgan fingerprint density at radius 1 is 1.61 bits per heavy atom. The van der Waals surface area contributed by atoms with Crippen molar-refractivity contribution in [2.24, 2.45) is 0 Å². The highest BCUT2D eigenvalue weighted by molar-refractivity contribution is 7.10. The average molecular weight is 268 g/mol. The van der Waals surface area contributed by atoms with Gasteiger partial charge in [-0.05, 0) is 43.3 Å². The topological polar surface area (TPSA) is 35.5 Å². The smallest absolute Gasteiger partial charge is 0.0791 e. The van der Waals surface area contributed by atoms with Gasteiger partial charge in [-0.3, -0.25) is 4.90 Å². The molecule has 0 aromatic carbocycles. The lowest BCUT2D eigenvalue weighted by molar-refractivity contribution is 0.0866. The molecule has 2 rings (SSSR count). The van der Waals surface area contributed by atoms with Gasteiger partial charge in [-0.25, -0.2) is 0 Å². The molecule has 2 atom stereocenters. The third kappa shape index (κ3) is 3.32. The van der Waals surface area contributed by atoms with E-state index in [0.29, 0.717) is 12.6 Å². The van der Waals surface area contributed by atoms with E-state index in [1.54, 1.807) is 0 Å². The van der Waals surface area contributed by atoms with Crippen LogP contribution in [0.2, 0.25) is 0 Å². The summed E-state index contributed by atoms with van der Waals surface area (Å²) < 4.78 is 0. The molecule has 102 valence electrons. The Hall–Kier alpha value is -0.420. The van der Waals surface area contributed by atoms with Crippen LogP contribution in [0.1, 0.15) is 36.8 Å². The Morgan fingerprint density at radius 2 is 2.44 bits per heavy atom. The summed E-state index contributed by atoms with van der Waals surface area (Å²) >= 11 is 1.87. The maximum absolute atomic E-state index is 10.0. The number of fused-ring (bicyclic) bond motifs is 1. The van der Waals surface area contributed by atoms with Crippen molar-refractivity contribution in [3.05, 3.63) is 21.9 Å². The molecule has 0 amide bonds. The van der Waals surface area contributed by atoms with Crippen molar-refractivity contribution in [2.45, 2.75) is 38.8 Å². The van der Waals surface area contributed by atoms with Crippen LogP contribution in [0.25, 0.3) is 0 Å². The van der Waals surface area contributed by atoms with Gasteiger partial charge >= 0.3 is 0 Å². The highest BCUT2D eigenvalue weighted by Gasteiger charge is 2.25. The van der Waals surface area contributed by atoms with E-state index in [-0.39, 0.29) is 6.10 Å². The molecule has 0 radical (unpaired) electrons. The van der Waals surface area contributed by atoms with E-state index in [9.17, 15) is 5.11 Å². The van der Waals surface area contributed by atoms with Crippen LogP contribution >= 0.6 is 11.3 Å². The molecule has 0 bridgehead atoms. The number of nitrogens with zero attached hydrogens (tertiary/aromatic N) is 1. The molecule has 1 aliphatic heterocycles. The van der Waals surface area contributed by atoms with Crippen LogP contribution in [-0.2, 0) is 6.42 Å². The van der Waals surface area contributed by atoms with Gasteiger partial charge in [0.25, 0.3) is 0 Å². The molecule has 1 aromatic heterocycles. The number of hydrogen-bond acceptors (Lipinski definition) is 4. The molecular weight excluding hydrogens is 244 g/mol.